The Kier molecular flexibility index (Phi) is 7.99. The third kappa shape index (κ3) is 5.53. The molecule has 6 nitrogen and oxygen atoms in total. The molecule has 1 aliphatic heterocycles. The third-order valence-electron chi connectivity index (χ3n) is 8.37. The summed E-state index contributed by atoms with van der Waals surface area (Å²) in [5.41, 5.74) is 5.26. The monoisotopic (exact) mass is 645 g/mol. The van der Waals surface area contributed by atoms with Gasteiger partial charge in [-0.15, -0.1) is 0 Å². The van der Waals surface area contributed by atoms with Crippen LogP contribution in [-0.4, -0.2) is 21.7 Å². The lowest BCUT2D eigenvalue weighted by Gasteiger charge is -2.25. The fourth-order valence-electron chi connectivity index (χ4n) is 6.15. The number of rotatable bonds is 7. The molecule has 234 valence electrons. The zero-order valence-corrected chi connectivity index (χ0v) is 26.4. The second-order valence-electron chi connectivity index (χ2n) is 11.2. The lowest BCUT2D eigenvalue weighted by Crippen LogP contribution is -2.40. The van der Waals surface area contributed by atoms with Crippen LogP contribution in [0.25, 0.3) is 22.7 Å². The number of carbonyl (C=O) groups excluding carboxylic acids is 1. The average Bonchev–Trinajstić information content (AvgIpc) is 3.54. The van der Waals surface area contributed by atoms with Crippen LogP contribution in [0.15, 0.2) is 118 Å². The smallest absolute Gasteiger partial charge is 0.338 e. The van der Waals surface area contributed by atoms with Gasteiger partial charge in [-0.05, 0) is 61.4 Å². The highest BCUT2D eigenvalue weighted by Gasteiger charge is 2.35. The molecule has 1 atom stereocenters. The normalized spacial score (nSPS) is 14.7. The van der Waals surface area contributed by atoms with Crippen molar-refractivity contribution >= 4 is 40.0 Å². The van der Waals surface area contributed by atoms with Gasteiger partial charge in [0.1, 0.15) is 11.6 Å². The van der Waals surface area contributed by atoms with Gasteiger partial charge in [0.15, 0.2) is 4.80 Å². The molecular weight excluding hydrogens is 616 g/mol. The molecule has 7 rings (SSSR count). The molecule has 0 aliphatic carbocycles. The Morgan fingerprint density at radius 2 is 1.57 bits per heavy atom. The molecule has 0 saturated carbocycles. The Hall–Kier alpha value is -5.41. The highest BCUT2D eigenvalue weighted by molar-refractivity contribution is 7.07. The number of para-hydroxylation sites is 1. The molecule has 0 amide bonds. The Labute approximate surface area is 272 Å². The molecule has 0 bridgehead atoms. The molecular formula is C38H29F2N3O3S. The van der Waals surface area contributed by atoms with Crippen LogP contribution in [0, 0.1) is 18.6 Å². The Bertz CT molecular complexity index is 2350. The summed E-state index contributed by atoms with van der Waals surface area (Å²) in [6.07, 6.45) is 1.88. The van der Waals surface area contributed by atoms with Crippen LogP contribution in [0.4, 0.5) is 8.78 Å². The number of hydrogen-bond donors (Lipinski definition) is 0. The summed E-state index contributed by atoms with van der Waals surface area (Å²) in [6.45, 7) is 4.37. The van der Waals surface area contributed by atoms with Gasteiger partial charge in [-0.2, -0.15) is 0 Å². The first-order valence-corrected chi connectivity index (χ1v) is 16.0. The minimum atomic E-state index is -0.899. The molecule has 3 heterocycles. The van der Waals surface area contributed by atoms with Crippen molar-refractivity contribution in [3.8, 4) is 0 Å². The van der Waals surface area contributed by atoms with E-state index in [1.54, 1.807) is 31.2 Å². The number of thiazole rings is 1. The zero-order valence-electron chi connectivity index (χ0n) is 25.6. The summed E-state index contributed by atoms with van der Waals surface area (Å²) in [4.78, 5) is 33.4. The zero-order chi connectivity index (χ0) is 32.7. The van der Waals surface area contributed by atoms with Gasteiger partial charge in [-0.3, -0.25) is 9.36 Å². The fraction of sp³-hybridized carbons (Fsp3) is 0.132. The van der Waals surface area contributed by atoms with E-state index in [9.17, 15) is 18.4 Å². The SMILES string of the molecule is CCOC(=O)C1=C(c2ccccc2)N=c2s/c(=C\c3c(C)n(Cc4ccc(F)cc4)c4ccccc34)c(=O)n2[C@H]1c1ccc(F)cc1. The summed E-state index contributed by atoms with van der Waals surface area (Å²) >= 11 is 1.23. The predicted molar refractivity (Wildman–Crippen MR) is 180 cm³/mol. The number of carbonyl (C=O) groups is 1. The maximum atomic E-state index is 14.4. The van der Waals surface area contributed by atoms with E-state index in [4.69, 9.17) is 9.73 Å². The number of ether oxygens (including phenoxy) is 1. The Morgan fingerprint density at radius 1 is 0.915 bits per heavy atom. The predicted octanol–water partition coefficient (Wildman–Crippen LogP) is 6.53. The van der Waals surface area contributed by atoms with Crippen LogP contribution in [-0.2, 0) is 16.1 Å². The number of nitrogens with zero attached hydrogens (tertiary/aromatic N) is 3. The van der Waals surface area contributed by atoms with Crippen LogP contribution in [0.1, 0.15) is 40.9 Å². The molecule has 9 heteroatoms. The van der Waals surface area contributed by atoms with E-state index in [0.29, 0.717) is 32.7 Å². The number of benzene rings is 4. The van der Waals surface area contributed by atoms with Crippen molar-refractivity contribution in [1.29, 1.82) is 0 Å². The van der Waals surface area contributed by atoms with E-state index >= 15 is 0 Å². The summed E-state index contributed by atoms with van der Waals surface area (Å²) in [5, 5.41) is 0.963. The number of hydrogen-bond acceptors (Lipinski definition) is 5. The van der Waals surface area contributed by atoms with Crippen LogP contribution >= 0.6 is 11.3 Å². The lowest BCUT2D eigenvalue weighted by molar-refractivity contribution is -0.138. The summed E-state index contributed by atoms with van der Waals surface area (Å²) in [7, 11) is 0. The second-order valence-corrected chi connectivity index (χ2v) is 12.2. The quantitative estimate of drug-likeness (QED) is 0.186. The van der Waals surface area contributed by atoms with Crippen molar-refractivity contribution in [2.24, 2.45) is 4.99 Å². The minimum absolute atomic E-state index is 0.131. The van der Waals surface area contributed by atoms with Gasteiger partial charge in [0.25, 0.3) is 5.56 Å². The van der Waals surface area contributed by atoms with Crippen molar-refractivity contribution in [1.82, 2.24) is 9.13 Å². The molecule has 0 unspecified atom stereocenters. The van der Waals surface area contributed by atoms with Gasteiger partial charge in [0.05, 0.1) is 28.5 Å². The first-order valence-electron chi connectivity index (χ1n) is 15.2. The van der Waals surface area contributed by atoms with Crippen LogP contribution in [0.5, 0.6) is 0 Å². The van der Waals surface area contributed by atoms with Crippen molar-refractivity contribution in [2.45, 2.75) is 26.4 Å². The largest absolute Gasteiger partial charge is 0.463 e. The van der Waals surface area contributed by atoms with E-state index in [0.717, 1.165) is 27.7 Å². The number of aromatic nitrogens is 2. The summed E-state index contributed by atoms with van der Waals surface area (Å²) in [5.74, 6) is -1.32. The maximum absolute atomic E-state index is 14.4. The maximum Gasteiger partial charge on any atom is 0.338 e. The van der Waals surface area contributed by atoms with Gasteiger partial charge in [-0.25, -0.2) is 18.6 Å². The molecule has 6 aromatic rings. The molecule has 2 aromatic heterocycles. The average molecular weight is 646 g/mol. The third-order valence-corrected chi connectivity index (χ3v) is 9.35. The topological polar surface area (TPSA) is 65.6 Å². The van der Waals surface area contributed by atoms with Crippen LogP contribution < -0.4 is 14.9 Å². The molecule has 4 aromatic carbocycles. The Morgan fingerprint density at radius 3 is 2.28 bits per heavy atom. The van der Waals surface area contributed by atoms with E-state index in [-0.39, 0.29) is 23.6 Å². The highest BCUT2D eigenvalue weighted by Crippen LogP contribution is 2.35. The van der Waals surface area contributed by atoms with Crippen molar-refractivity contribution < 1.29 is 18.3 Å². The van der Waals surface area contributed by atoms with E-state index in [1.165, 1.54) is 40.2 Å². The van der Waals surface area contributed by atoms with Crippen molar-refractivity contribution in [2.75, 3.05) is 6.61 Å². The number of fused-ring (bicyclic) bond motifs is 2. The number of halogens is 2. The van der Waals surface area contributed by atoms with E-state index in [2.05, 4.69) is 4.57 Å². The van der Waals surface area contributed by atoms with Gasteiger partial charge in [0, 0.05) is 34.3 Å². The van der Waals surface area contributed by atoms with Crippen molar-refractivity contribution in [3.05, 3.63) is 168 Å². The summed E-state index contributed by atoms with van der Waals surface area (Å²) < 4.78 is 37.3. The first-order chi connectivity index (χ1) is 22.8. The van der Waals surface area contributed by atoms with Gasteiger partial charge < -0.3 is 9.30 Å². The standard InChI is InChI=1S/C38H29F2N3O3S/c1-3-46-37(45)33-34(25-9-5-4-6-10-25)41-38-43(35(33)26-15-19-28(40)20-16-26)36(44)32(47-38)21-30-23(2)42(31-12-8-7-11-29(30)31)22-24-13-17-27(39)18-14-24/h4-21,35H,3,22H2,1-2H3/b32-21-/t35-/m0/s1. The summed E-state index contributed by atoms with van der Waals surface area (Å²) in [6, 6.07) is 28.6. The van der Waals surface area contributed by atoms with Gasteiger partial charge in [0.2, 0.25) is 0 Å². The first kappa shape index (κ1) is 30.3. The van der Waals surface area contributed by atoms with E-state index < -0.39 is 17.8 Å². The molecule has 0 saturated heterocycles. The molecule has 0 fully saturated rings. The highest BCUT2D eigenvalue weighted by atomic mass is 32.1. The molecule has 1 aliphatic rings. The van der Waals surface area contributed by atoms with Gasteiger partial charge >= 0.3 is 5.97 Å². The minimum Gasteiger partial charge on any atom is -0.463 e. The second kappa shape index (κ2) is 12.4. The number of esters is 1. The molecule has 0 radical (unpaired) electrons. The van der Waals surface area contributed by atoms with E-state index in [1.807, 2.05) is 67.6 Å². The van der Waals surface area contributed by atoms with Crippen molar-refractivity contribution in [3.63, 3.8) is 0 Å². The lowest BCUT2D eigenvalue weighted by atomic mass is 9.93. The van der Waals surface area contributed by atoms with Crippen LogP contribution in [0.3, 0.4) is 0 Å². The van der Waals surface area contributed by atoms with Gasteiger partial charge in [-0.1, -0.05) is 84.1 Å². The Balaban J connectivity index is 1.47. The molecule has 47 heavy (non-hydrogen) atoms. The molecule has 0 N–H and O–H groups in total. The fourth-order valence-corrected chi connectivity index (χ4v) is 7.13. The van der Waals surface area contributed by atoms with Crippen LogP contribution in [0.2, 0.25) is 0 Å². The molecule has 0 spiro atoms.